The normalized spacial score (nSPS) is 11.4. The summed E-state index contributed by atoms with van der Waals surface area (Å²) in [7, 11) is 0. The van der Waals surface area contributed by atoms with Gasteiger partial charge in [-0.05, 0) is 47.5 Å². The van der Waals surface area contributed by atoms with Gasteiger partial charge in [-0.2, -0.15) is 0 Å². The fourth-order valence-electron chi connectivity index (χ4n) is 1.21. The van der Waals surface area contributed by atoms with E-state index in [2.05, 4.69) is 21.2 Å². The van der Waals surface area contributed by atoms with Gasteiger partial charge in [0, 0.05) is 15.1 Å². The fraction of sp³-hybridized carbons (Fsp3) is 0.250. The molecule has 4 heteroatoms. The number of nitrogens with one attached hydrogen (secondary N) is 1. The van der Waals surface area contributed by atoms with Crippen LogP contribution < -0.4 is 5.32 Å². The zero-order valence-electron chi connectivity index (χ0n) is 9.18. The minimum Gasteiger partial charge on any atom is -0.321 e. The van der Waals surface area contributed by atoms with Crippen molar-refractivity contribution in [2.75, 3.05) is 5.32 Å². The van der Waals surface area contributed by atoms with Gasteiger partial charge in [-0.1, -0.05) is 24.6 Å². The van der Waals surface area contributed by atoms with Crippen LogP contribution in [0.2, 0.25) is 5.02 Å². The standard InChI is InChI=1S/C12H13BrClNO/c1-3-4-8(2)12(16)15-11-6-5-9(14)7-10(11)13/h4-7H,3H2,1-2H3,(H,15,16)/b8-4-. The lowest BCUT2D eigenvalue weighted by Crippen LogP contribution is -2.12. The number of rotatable bonds is 3. The minimum absolute atomic E-state index is 0.0927. The predicted molar refractivity (Wildman–Crippen MR) is 71.8 cm³/mol. The molecule has 1 rings (SSSR count). The smallest absolute Gasteiger partial charge is 0.251 e. The summed E-state index contributed by atoms with van der Waals surface area (Å²) in [5.74, 6) is -0.0927. The molecule has 0 unspecified atom stereocenters. The van der Waals surface area contributed by atoms with Gasteiger partial charge in [-0.25, -0.2) is 0 Å². The van der Waals surface area contributed by atoms with Crippen molar-refractivity contribution >= 4 is 39.1 Å². The molecule has 0 aromatic heterocycles. The van der Waals surface area contributed by atoms with Crippen molar-refractivity contribution in [2.24, 2.45) is 0 Å². The van der Waals surface area contributed by atoms with Gasteiger partial charge in [0.2, 0.25) is 0 Å². The van der Waals surface area contributed by atoms with Crippen molar-refractivity contribution in [3.05, 3.63) is 39.3 Å². The number of benzene rings is 1. The first-order valence-electron chi connectivity index (χ1n) is 4.97. The molecular formula is C12H13BrClNO. The van der Waals surface area contributed by atoms with E-state index >= 15 is 0 Å². The van der Waals surface area contributed by atoms with Crippen molar-refractivity contribution in [1.29, 1.82) is 0 Å². The van der Waals surface area contributed by atoms with Crippen molar-refractivity contribution in [1.82, 2.24) is 0 Å². The van der Waals surface area contributed by atoms with E-state index in [1.54, 1.807) is 25.1 Å². The van der Waals surface area contributed by atoms with Crippen LogP contribution >= 0.6 is 27.5 Å². The van der Waals surface area contributed by atoms with Gasteiger partial charge in [0.25, 0.3) is 5.91 Å². The Hall–Kier alpha value is -0.800. The van der Waals surface area contributed by atoms with Gasteiger partial charge in [0.15, 0.2) is 0 Å². The van der Waals surface area contributed by atoms with Crippen LogP contribution in [-0.2, 0) is 4.79 Å². The molecule has 1 aromatic rings. The molecule has 0 saturated carbocycles. The third kappa shape index (κ3) is 3.65. The Morgan fingerprint density at radius 1 is 1.56 bits per heavy atom. The van der Waals surface area contributed by atoms with E-state index in [4.69, 9.17) is 11.6 Å². The number of allylic oxidation sites excluding steroid dienone is 1. The number of anilines is 1. The maximum atomic E-state index is 11.7. The highest BCUT2D eigenvalue weighted by molar-refractivity contribution is 9.10. The summed E-state index contributed by atoms with van der Waals surface area (Å²) in [6.07, 6.45) is 2.74. The SMILES string of the molecule is CC/C=C(/C)C(=O)Nc1ccc(Cl)cc1Br. The van der Waals surface area contributed by atoms with Crippen LogP contribution in [0, 0.1) is 0 Å². The number of carbonyl (C=O) groups excluding carboxylic acids is 1. The maximum Gasteiger partial charge on any atom is 0.251 e. The zero-order chi connectivity index (χ0) is 12.1. The molecule has 0 bridgehead atoms. The highest BCUT2D eigenvalue weighted by Gasteiger charge is 2.07. The molecule has 0 heterocycles. The lowest BCUT2D eigenvalue weighted by atomic mass is 10.2. The number of hydrogen-bond acceptors (Lipinski definition) is 1. The summed E-state index contributed by atoms with van der Waals surface area (Å²) in [5, 5.41) is 3.44. The van der Waals surface area contributed by atoms with Crippen LogP contribution in [0.15, 0.2) is 34.3 Å². The van der Waals surface area contributed by atoms with E-state index in [1.807, 2.05) is 13.0 Å². The molecule has 0 radical (unpaired) electrons. The Morgan fingerprint density at radius 3 is 2.81 bits per heavy atom. The predicted octanol–water partition coefficient (Wildman–Crippen LogP) is 4.40. The summed E-state index contributed by atoms with van der Waals surface area (Å²) < 4.78 is 0.776. The second kappa shape index (κ2) is 6.06. The van der Waals surface area contributed by atoms with E-state index in [-0.39, 0.29) is 5.91 Å². The molecule has 0 saturated heterocycles. The van der Waals surface area contributed by atoms with E-state index < -0.39 is 0 Å². The number of halogens is 2. The fourth-order valence-corrected chi connectivity index (χ4v) is 1.99. The third-order valence-corrected chi connectivity index (χ3v) is 2.94. The minimum atomic E-state index is -0.0927. The molecule has 1 N–H and O–H groups in total. The van der Waals surface area contributed by atoms with Crippen LogP contribution in [0.1, 0.15) is 20.3 Å². The summed E-state index contributed by atoms with van der Waals surface area (Å²) in [5.41, 5.74) is 1.43. The molecular weight excluding hydrogens is 289 g/mol. The van der Waals surface area contributed by atoms with Crippen LogP contribution in [0.3, 0.4) is 0 Å². The molecule has 1 aromatic carbocycles. The first kappa shape index (κ1) is 13.3. The van der Waals surface area contributed by atoms with Crippen molar-refractivity contribution in [3.63, 3.8) is 0 Å². The van der Waals surface area contributed by atoms with E-state index in [9.17, 15) is 4.79 Å². The Balaban J connectivity index is 2.81. The monoisotopic (exact) mass is 301 g/mol. The highest BCUT2D eigenvalue weighted by atomic mass is 79.9. The molecule has 86 valence electrons. The van der Waals surface area contributed by atoms with Gasteiger partial charge in [-0.15, -0.1) is 0 Å². The lowest BCUT2D eigenvalue weighted by molar-refractivity contribution is -0.112. The molecule has 0 aliphatic rings. The van der Waals surface area contributed by atoms with Crippen molar-refractivity contribution in [3.8, 4) is 0 Å². The maximum absolute atomic E-state index is 11.7. The average Bonchev–Trinajstić information content (AvgIpc) is 2.22. The quantitative estimate of drug-likeness (QED) is 0.824. The average molecular weight is 303 g/mol. The van der Waals surface area contributed by atoms with Crippen LogP contribution in [0.4, 0.5) is 5.69 Å². The summed E-state index contributed by atoms with van der Waals surface area (Å²) in [4.78, 5) is 11.7. The van der Waals surface area contributed by atoms with Gasteiger partial charge in [0.05, 0.1) is 5.69 Å². The number of carbonyl (C=O) groups is 1. The van der Waals surface area contributed by atoms with Crippen LogP contribution in [0.5, 0.6) is 0 Å². The zero-order valence-corrected chi connectivity index (χ0v) is 11.5. The number of hydrogen-bond donors (Lipinski definition) is 1. The molecule has 1 amide bonds. The van der Waals surface area contributed by atoms with E-state index in [0.29, 0.717) is 10.6 Å². The Bertz CT molecular complexity index is 429. The highest BCUT2D eigenvalue weighted by Crippen LogP contribution is 2.26. The van der Waals surface area contributed by atoms with Crippen LogP contribution in [0.25, 0.3) is 0 Å². The van der Waals surface area contributed by atoms with Gasteiger partial charge < -0.3 is 5.32 Å². The Kier molecular flexibility index (Phi) is 5.03. The molecule has 16 heavy (non-hydrogen) atoms. The topological polar surface area (TPSA) is 29.1 Å². The summed E-state index contributed by atoms with van der Waals surface area (Å²) in [6, 6.07) is 5.25. The van der Waals surface area contributed by atoms with Gasteiger partial charge >= 0.3 is 0 Å². The summed E-state index contributed by atoms with van der Waals surface area (Å²) in [6.45, 7) is 3.79. The number of amides is 1. The Labute approximate surface area is 109 Å². The van der Waals surface area contributed by atoms with E-state index in [1.165, 1.54) is 0 Å². The van der Waals surface area contributed by atoms with Crippen molar-refractivity contribution in [2.45, 2.75) is 20.3 Å². The first-order valence-corrected chi connectivity index (χ1v) is 6.15. The first-order chi connectivity index (χ1) is 7.54. The molecule has 2 nitrogen and oxygen atoms in total. The second-order valence-corrected chi connectivity index (χ2v) is 4.66. The molecule has 0 aliphatic carbocycles. The van der Waals surface area contributed by atoms with E-state index in [0.717, 1.165) is 16.6 Å². The lowest BCUT2D eigenvalue weighted by Gasteiger charge is -2.07. The van der Waals surface area contributed by atoms with Crippen molar-refractivity contribution < 1.29 is 4.79 Å². The molecule has 0 aliphatic heterocycles. The van der Waals surface area contributed by atoms with Gasteiger partial charge in [0.1, 0.15) is 0 Å². The van der Waals surface area contributed by atoms with Gasteiger partial charge in [-0.3, -0.25) is 4.79 Å². The molecule has 0 atom stereocenters. The molecule has 0 spiro atoms. The largest absolute Gasteiger partial charge is 0.321 e. The van der Waals surface area contributed by atoms with Crippen LogP contribution in [-0.4, -0.2) is 5.91 Å². The summed E-state index contributed by atoms with van der Waals surface area (Å²) >= 11 is 9.16. The third-order valence-electron chi connectivity index (χ3n) is 2.05. The Morgan fingerprint density at radius 2 is 2.25 bits per heavy atom. The second-order valence-electron chi connectivity index (χ2n) is 3.37. The molecule has 0 fully saturated rings.